The van der Waals surface area contributed by atoms with E-state index >= 15 is 0 Å². The van der Waals surface area contributed by atoms with Crippen molar-refractivity contribution in [3.05, 3.63) is 58.6 Å². The van der Waals surface area contributed by atoms with Crippen molar-refractivity contribution in [1.82, 2.24) is 10.2 Å². The largest absolute Gasteiger partial charge is 0.495 e. The number of methoxy groups -OCH3 is 1. The maximum atomic E-state index is 13.2. The molecule has 2 amide bonds. The summed E-state index contributed by atoms with van der Waals surface area (Å²) in [5.41, 5.74) is 1.31. The Morgan fingerprint density at radius 3 is 2.35 bits per heavy atom. The van der Waals surface area contributed by atoms with Gasteiger partial charge >= 0.3 is 0 Å². The summed E-state index contributed by atoms with van der Waals surface area (Å²) in [4.78, 5) is 27.2. The van der Waals surface area contributed by atoms with E-state index in [2.05, 4.69) is 21.2 Å². The van der Waals surface area contributed by atoms with Crippen LogP contribution < -0.4 is 14.4 Å². The number of amides is 2. The molecule has 0 aliphatic carbocycles. The molecule has 34 heavy (non-hydrogen) atoms. The van der Waals surface area contributed by atoms with Crippen molar-refractivity contribution in [1.29, 1.82) is 0 Å². The minimum Gasteiger partial charge on any atom is -0.495 e. The van der Waals surface area contributed by atoms with Crippen LogP contribution in [0.15, 0.2) is 53.0 Å². The molecular formula is C24H32BrN3O5S. The molecule has 0 radical (unpaired) electrons. The van der Waals surface area contributed by atoms with Crippen LogP contribution in [0.3, 0.4) is 0 Å². The van der Waals surface area contributed by atoms with E-state index in [1.807, 2.05) is 31.2 Å². The number of carbonyl (C=O) groups is 2. The molecule has 0 bridgehead atoms. The molecule has 2 aromatic carbocycles. The van der Waals surface area contributed by atoms with E-state index < -0.39 is 16.1 Å². The summed E-state index contributed by atoms with van der Waals surface area (Å²) in [6.07, 6.45) is 1.49. The quantitative estimate of drug-likeness (QED) is 0.433. The Labute approximate surface area is 210 Å². The molecule has 0 aromatic heterocycles. The van der Waals surface area contributed by atoms with Crippen molar-refractivity contribution in [2.75, 3.05) is 30.8 Å². The zero-order chi connectivity index (χ0) is 25.3. The van der Waals surface area contributed by atoms with Crippen LogP contribution >= 0.6 is 15.9 Å². The van der Waals surface area contributed by atoms with E-state index in [0.717, 1.165) is 16.3 Å². The van der Waals surface area contributed by atoms with Crippen LogP contribution in [0.1, 0.15) is 32.3 Å². The predicted octanol–water partition coefficient (Wildman–Crippen LogP) is 3.56. The lowest BCUT2D eigenvalue weighted by molar-refractivity contribution is -0.140. The van der Waals surface area contributed by atoms with Crippen LogP contribution in [-0.4, -0.2) is 57.6 Å². The van der Waals surface area contributed by atoms with Crippen molar-refractivity contribution in [3.8, 4) is 5.75 Å². The highest BCUT2D eigenvalue weighted by Crippen LogP contribution is 2.29. The number of benzene rings is 2. The summed E-state index contributed by atoms with van der Waals surface area (Å²) in [6.45, 7) is 4.35. The Morgan fingerprint density at radius 2 is 1.76 bits per heavy atom. The molecule has 0 aliphatic heterocycles. The number of para-hydroxylation sites is 2. The zero-order valence-corrected chi connectivity index (χ0v) is 22.4. The van der Waals surface area contributed by atoms with Gasteiger partial charge in [-0.2, -0.15) is 0 Å². The Morgan fingerprint density at radius 1 is 1.12 bits per heavy atom. The molecular weight excluding hydrogens is 522 g/mol. The third-order valence-electron chi connectivity index (χ3n) is 5.29. The monoisotopic (exact) mass is 553 g/mol. The number of nitrogens with zero attached hydrogens (tertiary/aromatic N) is 2. The Bertz CT molecular complexity index is 1080. The van der Waals surface area contributed by atoms with Crippen LogP contribution in [0.25, 0.3) is 0 Å². The maximum Gasteiger partial charge on any atom is 0.242 e. The highest BCUT2D eigenvalue weighted by atomic mass is 79.9. The topological polar surface area (TPSA) is 96.0 Å². The fourth-order valence-corrected chi connectivity index (χ4v) is 4.74. The van der Waals surface area contributed by atoms with Gasteiger partial charge in [-0.3, -0.25) is 13.9 Å². The number of sulfonamides is 1. The Balaban J connectivity index is 2.17. The van der Waals surface area contributed by atoms with Crippen molar-refractivity contribution in [3.63, 3.8) is 0 Å². The average molecular weight is 555 g/mol. The van der Waals surface area contributed by atoms with Crippen molar-refractivity contribution in [2.24, 2.45) is 0 Å². The summed E-state index contributed by atoms with van der Waals surface area (Å²) >= 11 is 3.40. The predicted molar refractivity (Wildman–Crippen MR) is 137 cm³/mol. The SMILES string of the molecule is CCNC(=O)[C@@H](C)N(Cc1ccc(Br)cc1)C(=O)CCCN(c1ccccc1OC)S(C)(=O)=O. The van der Waals surface area contributed by atoms with Crippen LogP contribution in [0.5, 0.6) is 5.75 Å². The van der Waals surface area contributed by atoms with E-state index in [9.17, 15) is 18.0 Å². The van der Waals surface area contributed by atoms with Gasteiger partial charge in [0.2, 0.25) is 21.8 Å². The third kappa shape index (κ3) is 7.73. The molecule has 186 valence electrons. The molecule has 10 heteroatoms. The number of anilines is 1. The fourth-order valence-electron chi connectivity index (χ4n) is 3.51. The molecule has 2 aromatic rings. The number of hydrogen-bond donors (Lipinski definition) is 1. The highest BCUT2D eigenvalue weighted by molar-refractivity contribution is 9.10. The summed E-state index contributed by atoms with van der Waals surface area (Å²) in [5.74, 6) is -0.0316. The molecule has 0 heterocycles. The van der Waals surface area contributed by atoms with Crippen LogP contribution in [-0.2, 0) is 26.2 Å². The van der Waals surface area contributed by atoms with E-state index in [1.54, 1.807) is 31.2 Å². The number of nitrogens with one attached hydrogen (secondary N) is 1. The Kier molecular flexibility index (Phi) is 10.4. The second kappa shape index (κ2) is 12.8. The Hall–Kier alpha value is -2.59. The number of likely N-dealkylation sites (N-methyl/N-ethyl adjacent to an activating group) is 1. The standard InChI is InChI=1S/C24H32BrN3O5S/c1-5-26-24(30)18(2)27(17-19-12-14-20(25)15-13-19)23(29)11-8-16-28(34(4,31)32)21-9-6-7-10-22(21)33-3/h6-7,9-10,12-15,18H,5,8,11,16-17H2,1-4H3,(H,26,30)/t18-/m1/s1. The van der Waals surface area contributed by atoms with E-state index in [0.29, 0.717) is 18.0 Å². The molecule has 0 fully saturated rings. The van der Waals surface area contributed by atoms with Gasteiger partial charge in [-0.1, -0.05) is 40.2 Å². The summed E-state index contributed by atoms with van der Waals surface area (Å²) in [7, 11) is -2.12. The first-order valence-electron chi connectivity index (χ1n) is 11.0. The van der Waals surface area contributed by atoms with E-state index in [1.165, 1.54) is 16.3 Å². The lowest BCUT2D eigenvalue weighted by Crippen LogP contribution is -2.47. The number of halogens is 1. The number of ether oxygens (including phenoxy) is 1. The first-order chi connectivity index (χ1) is 16.1. The first-order valence-corrected chi connectivity index (χ1v) is 13.6. The van der Waals surface area contributed by atoms with Gasteiger partial charge in [-0.05, 0) is 50.1 Å². The average Bonchev–Trinajstić information content (AvgIpc) is 2.80. The van der Waals surface area contributed by atoms with Crippen molar-refractivity contribution >= 4 is 43.5 Å². The lowest BCUT2D eigenvalue weighted by Gasteiger charge is -2.29. The second-order valence-corrected chi connectivity index (χ2v) is 10.7. The van der Waals surface area contributed by atoms with Gasteiger partial charge in [0.05, 0.1) is 19.1 Å². The molecule has 2 rings (SSSR count). The summed E-state index contributed by atoms with van der Waals surface area (Å²) in [5, 5.41) is 2.76. The van der Waals surface area contributed by atoms with E-state index in [4.69, 9.17) is 4.74 Å². The number of carbonyl (C=O) groups excluding carboxylic acids is 2. The van der Waals surface area contributed by atoms with Gasteiger partial charge in [0.15, 0.2) is 0 Å². The second-order valence-electron chi connectivity index (χ2n) is 7.83. The van der Waals surface area contributed by atoms with Gasteiger partial charge in [0, 0.05) is 30.5 Å². The fraction of sp³-hybridized carbons (Fsp3) is 0.417. The van der Waals surface area contributed by atoms with Gasteiger partial charge in [0.1, 0.15) is 11.8 Å². The van der Waals surface area contributed by atoms with Crippen LogP contribution in [0.4, 0.5) is 5.69 Å². The smallest absolute Gasteiger partial charge is 0.242 e. The van der Waals surface area contributed by atoms with Crippen molar-refractivity contribution in [2.45, 2.75) is 39.3 Å². The first kappa shape index (κ1) is 27.7. The van der Waals surface area contributed by atoms with Gasteiger partial charge < -0.3 is 15.0 Å². The van der Waals surface area contributed by atoms with E-state index in [-0.39, 0.29) is 37.7 Å². The molecule has 0 spiro atoms. The minimum absolute atomic E-state index is 0.0848. The molecule has 0 saturated carbocycles. The zero-order valence-electron chi connectivity index (χ0n) is 20.0. The van der Waals surface area contributed by atoms with Gasteiger partial charge in [0.25, 0.3) is 0 Å². The molecule has 0 saturated heterocycles. The number of hydrogen-bond acceptors (Lipinski definition) is 5. The van der Waals surface area contributed by atoms with Crippen LogP contribution in [0, 0.1) is 0 Å². The molecule has 8 nitrogen and oxygen atoms in total. The maximum absolute atomic E-state index is 13.2. The number of rotatable bonds is 12. The lowest BCUT2D eigenvalue weighted by atomic mass is 10.1. The minimum atomic E-state index is -3.60. The normalized spacial score (nSPS) is 12.0. The third-order valence-corrected chi connectivity index (χ3v) is 7.00. The summed E-state index contributed by atoms with van der Waals surface area (Å²) in [6, 6.07) is 13.7. The molecule has 1 atom stereocenters. The van der Waals surface area contributed by atoms with Crippen molar-refractivity contribution < 1.29 is 22.7 Å². The highest BCUT2D eigenvalue weighted by Gasteiger charge is 2.27. The molecule has 0 aliphatic rings. The molecule has 1 N–H and O–H groups in total. The van der Waals surface area contributed by atoms with Gasteiger partial charge in [-0.25, -0.2) is 8.42 Å². The molecule has 0 unspecified atom stereocenters. The summed E-state index contributed by atoms with van der Waals surface area (Å²) < 4.78 is 32.4. The van der Waals surface area contributed by atoms with Gasteiger partial charge in [-0.15, -0.1) is 0 Å². The van der Waals surface area contributed by atoms with Crippen LogP contribution in [0.2, 0.25) is 0 Å².